The van der Waals surface area contributed by atoms with Crippen LogP contribution in [0.3, 0.4) is 0 Å². The number of benzene rings is 6. The SMILES string of the molecule is Oc1ccccc1-c1nc2c(-c3cc(-c4cccc(Cc5ccccc5)c4)cc(-c4cc(-c5ccccc5)ccn4)c3)cccc2o1. The Morgan fingerprint density at radius 3 is 2.00 bits per heavy atom. The van der Waals surface area contributed by atoms with E-state index in [-0.39, 0.29) is 5.75 Å². The fraction of sp³-hybridized carbons (Fsp3) is 0.0233. The van der Waals surface area contributed by atoms with Crippen molar-refractivity contribution in [2.45, 2.75) is 6.42 Å². The number of aromatic hydroxyl groups is 1. The summed E-state index contributed by atoms with van der Waals surface area (Å²) in [6, 6.07) is 53.6. The number of hydrogen-bond donors (Lipinski definition) is 1. The molecular formula is C43H30N2O2. The number of aromatic nitrogens is 2. The first-order chi connectivity index (χ1) is 23.2. The molecule has 4 nitrogen and oxygen atoms in total. The van der Waals surface area contributed by atoms with Crippen molar-refractivity contribution in [2.24, 2.45) is 0 Å². The highest BCUT2D eigenvalue weighted by Gasteiger charge is 2.17. The monoisotopic (exact) mass is 606 g/mol. The summed E-state index contributed by atoms with van der Waals surface area (Å²) in [7, 11) is 0. The van der Waals surface area contributed by atoms with Crippen LogP contribution in [-0.2, 0) is 6.42 Å². The summed E-state index contributed by atoms with van der Waals surface area (Å²) < 4.78 is 6.18. The van der Waals surface area contributed by atoms with Crippen molar-refractivity contribution in [1.82, 2.24) is 9.97 Å². The van der Waals surface area contributed by atoms with Gasteiger partial charge in [0.25, 0.3) is 0 Å². The molecule has 1 N–H and O–H groups in total. The lowest BCUT2D eigenvalue weighted by atomic mass is 9.92. The van der Waals surface area contributed by atoms with E-state index in [4.69, 9.17) is 14.4 Å². The first-order valence-electron chi connectivity index (χ1n) is 15.7. The predicted octanol–water partition coefficient (Wildman–Crippen LogP) is 10.9. The predicted molar refractivity (Wildman–Crippen MR) is 190 cm³/mol. The summed E-state index contributed by atoms with van der Waals surface area (Å²) in [5.74, 6) is 0.511. The van der Waals surface area contributed by atoms with Crippen molar-refractivity contribution >= 4 is 11.1 Å². The average Bonchev–Trinajstić information content (AvgIpc) is 3.57. The van der Waals surface area contributed by atoms with Crippen LogP contribution >= 0.6 is 0 Å². The van der Waals surface area contributed by atoms with E-state index in [0.717, 1.165) is 56.6 Å². The zero-order valence-electron chi connectivity index (χ0n) is 25.5. The molecule has 224 valence electrons. The Bertz CT molecular complexity index is 2340. The van der Waals surface area contributed by atoms with E-state index in [0.29, 0.717) is 17.0 Å². The molecule has 6 aromatic carbocycles. The maximum absolute atomic E-state index is 10.5. The molecule has 0 bridgehead atoms. The van der Waals surface area contributed by atoms with E-state index in [2.05, 4.69) is 109 Å². The van der Waals surface area contributed by atoms with Crippen molar-refractivity contribution in [3.63, 3.8) is 0 Å². The lowest BCUT2D eigenvalue weighted by Gasteiger charge is -2.13. The first-order valence-corrected chi connectivity index (χ1v) is 15.7. The van der Waals surface area contributed by atoms with Gasteiger partial charge in [-0.15, -0.1) is 0 Å². The third kappa shape index (κ3) is 5.81. The van der Waals surface area contributed by atoms with Crippen LogP contribution in [0.1, 0.15) is 11.1 Å². The van der Waals surface area contributed by atoms with Gasteiger partial charge in [-0.2, -0.15) is 0 Å². The molecule has 2 aromatic heterocycles. The van der Waals surface area contributed by atoms with Gasteiger partial charge in [0.2, 0.25) is 5.89 Å². The van der Waals surface area contributed by atoms with E-state index in [1.165, 1.54) is 11.1 Å². The van der Waals surface area contributed by atoms with Gasteiger partial charge in [-0.3, -0.25) is 4.98 Å². The highest BCUT2D eigenvalue weighted by atomic mass is 16.3. The van der Waals surface area contributed by atoms with Gasteiger partial charge >= 0.3 is 0 Å². The van der Waals surface area contributed by atoms with Crippen molar-refractivity contribution in [1.29, 1.82) is 0 Å². The molecule has 0 aliphatic heterocycles. The lowest BCUT2D eigenvalue weighted by Crippen LogP contribution is -1.91. The molecule has 8 rings (SSSR count). The van der Waals surface area contributed by atoms with E-state index in [9.17, 15) is 5.11 Å². The molecular weight excluding hydrogens is 576 g/mol. The van der Waals surface area contributed by atoms with Gasteiger partial charge in [0.05, 0.1) is 11.3 Å². The molecule has 0 aliphatic rings. The average molecular weight is 607 g/mol. The topological polar surface area (TPSA) is 59.2 Å². The van der Waals surface area contributed by atoms with Gasteiger partial charge in [0.1, 0.15) is 11.3 Å². The minimum Gasteiger partial charge on any atom is -0.507 e. The third-order valence-electron chi connectivity index (χ3n) is 8.47. The number of phenols is 1. The molecule has 47 heavy (non-hydrogen) atoms. The molecule has 0 amide bonds. The molecule has 4 heteroatoms. The lowest BCUT2D eigenvalue weighted by molar-refractivity contribution is 0.474. The molecule has 0 saturated carbocycles. The van der Waals surface area contributed by atoms with Crippen LogP contribution in [0, 0.1) is 0 Å². The summed E-state index contributed by atoms with van der Waals surface area (Å²) in [4.78, 5) is 9.73. The number of fused-ring (bicyclic) bond motifs is 1. The largest absolute Gasteiger partial charge is 0.507 e. The maximum Gasteiger partial charge on any atom is 0.231 e. The smallest absolute Gasteiger partial charge is 0.231 e. The van der Waals surface area contributed by atoms with Crippen LogP contribution in [0.5, 0.6) is 5.75 Å². The van der Waals surface area contributed by atoms with Gasteiger partial charge in [0, 0.05) is 17.3 Å². The maximum atomic E-state index is 10.5. The highest BCUT2D eigenvalue weighted by molar-refractivity contribution is 5.94. The number of phenolic OH excluding ortho intramolecular Hbond substituents is 1. The molecule has 2 heterocycles. The summed E-state index contributed by atoms with van der Waals surface area (Å²) in [5, 5.41) is 10.5. The molecule has 0 aliphatic carbocycles. The molecule has 0 unspecified atom stereocenters. The van der Waals surface area contributed by atoms with Crippen LogP contribution in [0.4, 0.5) is 0 Å². The van der Waals surface area contributed by atoms with Crippen molar-refractivity contribution < 1.29 is 9.52 Å². The van der Waals surface area contributed by atoms with Gasteiger partial charge in [-0.1, -0.05) is 109 Å². The fourth-order valence-corrected chi connectivity index (χ4v) is 6.14. The molecule has 8 aromatic rings. The van der Waals surface area contributed by atoms with Gasteiger partial charge in [-0.25, -0.2) is 4.98 Å². The number of oxazole rings is 1. The van der Waals surface area contributed by atoms with E-state index in [1.807, 2.05) is 42.6 Å². The Labute approximate surface area is 273 Å². The Morgan fingerprint density at radius 2 is 1.15 bits per heavy atom. The van der Waals surface area contributed by atoms with Crippen molar-refractivity contribution in [2.75, 3.05) is 0 Å². The molecule has 0 spiro atoms. The molecule has 0 atom stereocenters. The molecule has 0 fully saturated rings. The number of hydrogen-bond acceptors (Lipinski definition) is 4. The van der Waals surface area contributed by atoms with E-state index in [1.54, 1.807) is 12.1 Å². The standard InChI is InChI=1S/C43H30N2O2/c46-40-19-8-7-17-38(40)43-45-42-37(18-10-20-41(42)47-43)35-25-34(32-16-9-13-30(24-32)23-29-11-3-1-4-12-29)26-36(27-35)39-28-33(21-22-44-39)31-14-5-2-6-15-31/h1-22,24-28,46H,23H2. The summed E-state index contributed by atoms with van der Waals surface area (Å²) in [5.41, 5.74) is 12.8. The Hall–Kier alpha value is -6.26. The Morgan fingerprint density at radius 1 is 0.489 bits per heavy atom. The van der Waals surface area contributed by atoms with Crippen LogP contribution in [0.15, 0.2) is 168 Å². The zero-order valence-corrected chi connectivity index (χ0v) is 25.5. The van der Waals surface area contributed by atoms with Gasteiger partial charge in [-0.05, 0) is 93.9 Å². The number of pyridine rings is 1. The third-order valence-corrected chi connectivity index (χ3v) is 8.47. The van der Waals surface area contributed by atoms with Crippen LogP contribution in [0.2, 0.25) is 0 Å². The highest BCUT2D eigenvalue weighted by Crippen LogP contribution is 2.38. The Balaban J connectivity index is 1.29. The minimum atomic E-state index is 0.129. The molecule has 0 radical (unpaired) electrons. The summed E-state index contributed by atoms with van der Waals surface area (Å²) in [6.07, 6.45) is 2.73. The molecule has 0 saturated heterocycles. The fourth-order valence-electron chi connectivity index (χ4n) is 6.14. The van der Waals surface area contributed by atoms with Gasteiger partial charge in [0.15, 0.2) is 5.58 Å². The van der Waals surface area contributed by atoms with Gasteiger partial charge < -0.3 is 9.52 Å². The normalized spacial score (nSPS) is 11.1. The van der Waals surface area contributed by atoms with Crippen molar-refractivity contribution in [3.05, 3.63) is 175 Å². The summed E-state index contributed by atoms with van der Waals surface area (Å²) >= 11 is 0. The second-order valence-corrected chi connectivity index (χ2v) is 11.6. The second kappa shape index (κ2) is 12.3. The zero-order chi connectivity index (χ0) is 31.6. The van der Waals surface area contributed by atoms with Crippen LogP contribution in [0.25, 0.3) is 67.2 Å². The number of para-hydroxylation sites is 2. The second-order valence-electron chi connectivity index (χ2n) is 11.6. The van der Waals surface area contributed by atoms with Crippen molar-refractivity contribution in [3.8, 4) is 61.8 Å². The van der Waals surface area contributed by atoms with E-state index >= 15 is 0 Å². The number of nitrogens with zero attached hydrogens (tertiary/aromatic N) is 2. The number of rotatable bonds is 7. The van der Waals surface area contributed by atoms with Crippen LogP contribution in [-0.4, -0.2) is 15.1 Å². The first kappa shape index (κ1) is 28.2. The quantitative estimate of drug-likeness (QED) is 0.196. The minimum absolute atomic E-state index is 0.129. The Kier molecular flexibility index (Phi) is 7.37. The van der Waals surface area contributed by atoms with Crippen LogP contribution < -0.4 is 0 Å². The van der Waals surface area contributed by atoms with E-state index < -0.39 is 0 Å². The summed E-state index contributed by atoms with van der Waals surface area (Å²) in [6.45, 7) is 0.